The van der Waals surface area contributed by atoms with E-state index in [1.54, 1.807) is 11.8 Å². The summed E-state index contributed by atoms with van der Waals surface area (Å²) < 4.78 is 5.45. The second kappa shape index (κ2) is 7.26. The fourth-order valence-electron chi connectivity index (χ4n) is 1.98. The summed E-state index contributed by atoms with van der Waals surface area (Å²) in [5.41, 5.74) is 2.38. The molecule has 1 heterocycles. The third kappa shape index (κ3) is 3.71. The lowest BCUT2D eigenvalue weighted by Crippen LogP contribution is -2.73. The number of aromatic nitrogens is 2. The summed E-state index contributed by atoms with van der Waals surface area (Å²) in [7, 11) is 2.01. The summed E-state index contributed by atoms with van der Waals surface area (Å²) in [5, 5.41) is 2.85. The van der Waals surface area contributed by atoms with E-state index in [0.29, 0.717) is 6.61 Å². The Kier molecular flexibility index (Phi) is 5.38. The van der Waals surface area contributed by atoms with Crippen molar-refractivity contribution in [2.24, 2.45) is 0 Å². The molecule has 0 spiro atoms. The van der Waals surface area contributed by atoms with Gasteiger partial charge in [0.05, 0.1) is 19.2 Å². The maximum Gasteiger partial charge on any atom is 0.231 e. The lowest BCUT2D eigenvalue weighted by molar-refractivity contribution is -0.544. The van der Waals surface area contributed by atoms with E-state index in [4.69, 9.17) is 4.74 Å². The highest BCUT2D eigenvalue weighted by molar-refractivity contribution is 7.98. The van der Waals surface area contributed by atoms with Crippen LogP contribution in [0.3, 0.4) is 0 Å². The van der Waals surface area contributed by atoms with Crippen LogP contribution in [-0.4, -0.2) is 29.9 Å². The number of ether oxygens (including phenoxy) is 1. The summed E-state index contributed by atoms with van der Waals surface area (Å²) in [6.07, 6.45) is 4.74. The first-order valence-corrected chi connectivity index (χ1v) is 7.90. The zero-order chi connectivity index (χ0) is 14.4. The Morgan fingerprint density at radius 1 is 1.25 bits per heavy atom. The van der Waals surface area contributed by atoms with Crippen LogP contribution < -0.4 is 10.1 Å². The molecule has 0 unspecified atom stereocenters. The molecule has 1 aromatic heterocycles. The topological polar surface area (TPSA) is 51.6 Å². The van der Waals surface area contributed by atoms with Crippen molar-refractivity contribution in [1.29, 1.82) is 0 Å². The zero-order valence-corrected chi connectivity index (χ0v) is 12.9. The van der Waals surface area contributed by atoms with Crippen LogP contribution in [0.2, 0.25) is 0 Å². The summed E-state index contributed by atoms with van der Waals surface area (Å²) >= 11 is 1.56. The van der Waals surface area contributed by atoms with Gasteiger partial charge in [-0.1, -0.05) is 23.9 Å². The van der Waals surface area contributed by atoms with Gasteiger partial charge in [-0.15, -0.1) is 0 Å². The van der Waals surface area contributed by atoms with Crippen molar-refractivity contribution in [3.63, 3.8) is 0 Å². The second-order valence-corrected chi connectivity index (χ2v) is 5.08. The number of thioether (sulfide) groups is 1. The van der Waals surface area contributed by atoms with Gasteiger partial charge in [-0.2, -0.15) is 4.98 Å². The van der Waals surface area contributed by atoms with Gasteiger partial charge in [0, 0.05) is 12.6 Å². The number of quaternary nitrogens is 1. The van der Waals surface area contributed by atoms with Crippen LogP contribution in [0.5, 0.6) is 5.75 Å². The Hall–Kier alpha value is -1.59. The van der Waals surface area contributed by atoms with E-state index in [9.17, 15) is 0 Å². The zero-order valence-electron chi connectivity index (χ0n) is 12.1. The van der Waals surface area contributed by atoms with Crippen molar-refractivity contribution in [3.05, 3.63) is 41.6 Å². The summed E-state index contributed by atoms with van der Waals surface area (Å²) in [6, 6.07) is 8.19. The quantitative estimate of drug-likeness (QED) is 0.653. The summed E-state index contributed by atoms with van der Waals surface area (Å²) in [5.74, 6) is 1.92. The predicted octanol–water partition coefficient (Wildman–Crippen LogP) is 2.01. The highest BCUT2D eigenvalue weighted by Gasteiger charge is 2.10. The van der Waals surface area contributed by atoms with Gasteiger partial charge in [-0.25, -0.2) is 4.98 Å². The minimum Gasteiger partial charge on any atom is -0.494 e. The average molecular weight is 290 g/mol. The maximum absolute atomic E-state index is 5.45. The molecule has 0 atom stereocenters. The number of benzene rings is 1. The highest BCUT2D eigenvalue weighted by atomic mass is 32.2. The van der Waals surface area contributed by atoms with Crippen molar-refractivity contribution in [2.45, 2.75) is 18.5 Å². The fraction of sp³-hybridized carbons (Fsp3) is 0.333. The molecule has 0 bridgehead atoms. The minimum absolute atomic E-state index is 0.693. The monoisotopic (exact) mass is 290 g/mol. The van der Waals surface area contributed by atoms with Gasteiger partial charge in [0.15, 0.2) is 5.16 Å². The number of rotatable bonds is 6. The van der Waals surface area contributed by atoms with Gasteiger partial charge in [-0.3, -0.25) is 5.32 Å². The molecule has 2 N–H and O–H groups in total. The molecule has 1 aromatic carbocycles. The van der Waals surface area contributed by atoms with Crippen molar-refractivity contribution < 1.29 is 10.1 Å². The van der Waals surface area contributed by atoms with Gasteiger partial charge in [0.2, 0.25) is 5.82 Å². The minimum atomic E-state index is 0.693. The first-order chi connectivity index (χ1) is 9.76. The molecule has 0 aliphatic heterocycles. The Bertz CT molecular complexity index is 558. The Morgan fingerprint density at radius 3 is 2.60 bits per heavy atom. The standard InChI is InChI=1S/C15H19N3OS/c1-4-19-13-7-5-11(6-8-13)9-12-10-17-15(20-3)18-14(12)16-2/h5-8,10H,4,9H2,1-3H3,(H,16,17,18)/p+1. The van der Waals surface area contributed by atoms with Crippen molar-refractivity contribution in [2.75, 3.05) is 19.9 Å². The molecule has 0 saturated carbocycles. The van der Waals surface area contributed by atoms with E-state index in [1.807, 2.05) is 43.9 Å². The summed E-state index contributed by atoms with van der Waals surface area (Å²) in [4.78, 5) is 8.88. The fourth-order valence-corrected chi connectivity index (χ4v) is 2.33. The molecule has 0 aliphatic rings. The Labute approximate surface area is 124 Å². The highest BCUT2D eigenvalue weighted by Crippen LogP contribution is 2.18. The molecular weight excluding hydrogens is 270 g/mol. The lowest BCUT2D eigenvalue weighted by Gasteiger charge is -2.07. The van der Waals surface area contributed by atoms with Crippen LogP contribution in [0.4, 0.5) is 5.82 Å². The summed E-state index contributed by atoms with van der Waals surface area (Å²) in [6.45, 7) is 2.68. The molecule has 0 radical (unpaired) electrons. The molecule has 5 heteroatoms. The Balaban J connectivity index is 2.16. The normalized spacial score (nSPS) is 10.6. The predicted molar refractivity (Wildman–Crippen MR) is 81.7 cm³/mol. The van der Waals surface area contributed by atoms with Gasteiger partial charge < -0.3 is 4.74 Å². The van der Waals surface area contributed by atoms with Gasteiger partial charge >= 0.3 is 0 Å². The number of nitrogens with zero attached hydrogens (tertiary/aromatic N) is 2. The van der Waals surface area contributed by atoms with E-state index in [-0.39, 0.29) is 0 Å². The van der Waals surface area contributed by atoms with Crippen LogP contribution in [0, 0.1) is 0 Å². The molecule has 0 saturated heterocycles. The van der Waals surface area contributed by atoms with E-state index < -0.39 is 0 Å². The van der Waals surface area contributed by atoms with Crippen molar-refractivity contribution in [1.82, 2.24) is 9.97 Å². The van der Waals surface area contributed by atoms with E-state index >= 15 is 0 Å². The van der Waals surface area contributed by atoms with Crippen LogP contribution in [-0.2, 0) is 6.42 Å². The second-order valence-electron chi connectivity index (χ2n) is 4.31. The van der Waals surface area contributed by atoms with Crippen LogP contribution >= 0.6 is 11.8 Å². The van der Waals surface area contributed by atoms with Crippen LogP contribution in [0.25, 0.3) is 0 Å². The van der Waals surface area contributed by atoms with Gasteiger partial charge in [-0.05, 0) is 30.9 Å². The van der Waals surface area contributed by atoms with Crippen molar-refractivity contribution in [3.8, 4) is 5.75 Å². The smallest absolute Gasteiger partial charge is 0.231 e. The molecule has 2 rings (SSSR count). The van der Waals surface area contributed by atoms with Crippen LogP contribution in [0.15, 0.2) is 35.6 Å². The molecule has 0 aliphatic carbocycles. The third-order valence-electron chi connectivity index (χ3n) is 2.96. The first kappa shape index (κ1) is 14.8. The number of hydrogen-bond donors (Lipinski definition) is 1. The van der Waals surface area contributed by atoms with Crippen molar-refractivity contribution >= 4 is 17.6 Å². The number of hydrogen-bond acceptors (Lipinski definition) is 4. The van der Waals surface area contributed by atoms with E-state index in [0.717, 1.165) is 28.7 Å². The SMILES string of the molecule is CCOc1ccc(Cc2cnc(SC)nc2[NH2+]C)cc1. The molecule has 106 valence electrons. The van der Waals surface area contributed by atoms with Gasteiger partial charge in [0.25, 0.3) is 0 Å². The third-order valence-corrected chi connectivity index (χ3v) is 3.52. The Morgan fingerprint density at radius 2 is 2.00 bits per heavy atom. The lowest BCUT2D eigenvalue weighted by atomic mass is 10.1. The van der Waals surface area contributed by atoms with Crippen LogP contribution in [0.1, 0.15) is 18.1 Å². The first-order valence-electron chi connectivity index (χ1n) is 6.67. The van der Waals surface area contributed by atoms with Gasteiger partial charge in [0.1, 0.15) is 5.75 Å². The average Bonchev–Trinajstić information content (AvgIpc) is 2.50. The largest absolute Gasteiger partial charge is 0.494 e. The number of nitrogens with two attached hydrogens (primary N) is 1. The molecule has 20 heavy (non-hydrogen) atoms. The van der Waals surface area contributed by atoms with E-state index in [1.165, 1.54) is 5.56 Å². The molecular formula is C15H20N3OS+. The molecule has 2 aromatic rings. The molecule has 4 nitrogen and oxygen atoms in total. The molecule has 0 amide bonds. The van der Waals surface area contributed by atoms with E-state index in [2.05, 4.69) is 22.1 Å². The maximum atomic E-state index is 5.45. The molecule has 0 fully saturated rings.